The lowest BCUT2D eigenvalue weighted by Crippen LogP contribution is -2.56. The maximum Gasteiger partial charge on any atom is 0.409 e. The van der Waals surface area contributed by atoms with E-state index in [1.165, 1.54) is 0 Å². The minimum Gasteiger partial charge on any atom is -0.450 e. The molecule has 2 aliphatic heterocycles. The van der Waals surface area contributed by atoms with Crippen LogP contribution in [0.5, 0.6) is 0 Å². The normalized spacial score (nSPS) is 21.6. The molecule has 0 bridgehead atoms. The van der Waals surface area contributed by atoms with E-state index in [9.17, 15) is 4.79 Å². The molecule has 0 aromatic heterocycles. The fourth-order valence-corrected chi connectivity index (χ4v) is 3.13. The first-order valence-electron chi connectivity index (χ1n) is 7.72. The number of nitrogens with one attached hydrogen (secondary N) is 1. The average molecular weight is 300 g/mol. The Hall–Kier alpha value is -0.593. The molecule has 2 rings (SSSR count). The number of amides is 1. The minimum absolute atomic E-state index is 0.173. The Balaban J connectivity index is 1.57. The summed E-state index contributed by atoms with van der Waals surface area (Å²) in [6.45, 7) is 10.9. The van der Waals surface area contributed by atoms with Gasteiger partial charge in [-0.1, -0.05) is 19.6 Å². The van der Waals surface area contributed by atoms with Crippen LogP contribution in [0.1, 0.15) is 12.8 Å². The van der Waals surface area contributed by atoms with Gasteiger partial charge in [-0.15, -0.1) is 0 Å². The Morgan fingerprint density at radius 3 is 2.45 bits per heavy atom. The summed E-state index contributed by atoms with van der Waals surface area (Å²) in [6.07, 6.45) is 2.57. The van der Waals surface area contributed by atoms with E-state index in [-0.39, 0.29) is 12.2 Å². The molecule has 0 aliphatic carbocycles. The number of ether oxygens (including phenoxy) is 2. The smallest absolute Gasteiger partial charge is 0.409 e. The standard InChI is InChI=1S/C14H28N2O3Si/c1-20(2,3)9-8-18-14(17)16-10-13(11-16)19-12-4-6-15-7-5-12/h12-13,15H,4-11H2,1-3H3. The summed E-state index contributed by atoms with van der Waals surface area (Å²) < 4.78 is 11.3. The third kappa shape index (κ3) is 5.07. The second-order valence-corrected chi connectivity index (χ2v) is 12.7. The lowest BCUT2D eigenvalue weighted by molar-refractivity contribution is -0.0928. The van der Waals surface area contributed by atoms with Crippen molar-refractivity contribution in [2.45, 2.75) is 50.7 Å². The summed E-state index contributed by atoms with van der Waals surface area (Å²) >= 11 is 0. The molecule has 0 aromatic rings. The third-order valence-corrected chi connectivity index (χ3v) is 5.56. The van der Waals surface area contributed by atoms with Gasteiger partial charge in [0.2, 0.25) is 0 Å². The predicted octanol–water partition coefficient (Wildman–Crippen LogP) is 1.91. The van der Waals surface area contributed by atoms with Gasteiger partial charge in [-0.3, -0.25) is 0 Å². The van der Waals surface area contributed by atoms with E-state index in [1.807, 2.05) is 0 Å². The van der Waals surface area contributed by atoms with Crippen molar-refractivity contribution in [3.63, 3.8) is 0 Å². The van der Waals surface area contributed by atoms with Crippen LogP contribution in [0.4, 0.5) is 4.79 Å². The highest BCUT2D eigenvalue weighted by Gasteiger charge is 2.34. The van der Waals surface area contributed by atoms with Crippen LogP contribution in [0.2, 0.25) is 25.7 Å². The van der Waals surface area contributed by atoms with Crippen LogP contribution in [0.25, 0.3) is 0 Å². The van der Waals surface area contributed by atoms with Gasteiger partial charge in [0.25, 0.3) is 0 Å². The van der Waals surface area contributed by atoms with E-state index in [4.69, 9.17) is 9.47 Å². The molecule has 0 saturated carbocycles. The number of hydrogen-bond donors (Lipinski definition) is 1. The number of hydrogen-bond acceptors (Lipinski definition) is 4. The Bertz CT molecular complexity index is 321. The number of piperidine rings is 1. The molecule has 1 amide bonds. The Morgan fingerprint density at radius 2 is 1.85 bits per heavy atom. The molecule has 0 atom stereocenters. The molecule has 5 nitrogen and oxygen atoms in total. The zero-order chi connectivity index (χ0) is 14.6. The lowest BCUT2D eigenvalue weighted by Gasteiger charge is -2.40. The predicted molar refractivity (Wildman–Crippen MR) is 81.8 cm³/mol. The first-order chi connectivity index (χ1) is 9.44. The number of rotatable bonds is 5. The Morgan fingerprint density at radius 1 is 1.20 bits per heavy atom. The van der Waals surface area contributed by atoms with E-state index >= 15 is 0 Å². The summed E-state index contributed by atoms with van der Waals surface area (Å²) in [5.41, 5.74) is 0. The van der Waals surface area contributed by atoms with Crippen LogP contribution in [-0.4, -0.2) is 64.1 Å². The van der Waals surface area contributed by atoms with E-state index < -0.39 is 8.07 Å². The van der Waals surface area contributed by atoms with Crippen molar-refractivity contribution in [2.24, 2.45) is 0 Å². The second-order valence-electron chi connectivity index (χ2n) is 7.04. The van der Waals surface area contributed by atoms with Gasteiger partial charge >= 0.3 is 6.09 Å². The highest BCUT2D eigenvalue weighted by Crippen LogP contribution is 2.19. The molecule has 1 N–H and O–H groups in total. The van der Waals surface area contributed by atoms with Gasteiger partial charge in [0.15, 0.2) is 0 Å². The highest BCUT2D eigenvalue weighted by atomic mass is 28.3. The van der Waals surface area contributed by atoms with Crippen molar-refractivity contribution in [3.8, 4) is 0 Å². The average Bonchev–Trinajstić information content (AvgIpc) is 2.32. The molecule has 2 fully saturated rings. The SMILES string of the molecule is C[Si](C)(C)CCOC(=O)N1CC(OC2CCNCC2)C1. The molecular weight excluding hydrogens is 272 g/mol. The topological polar surface area (TPSA) is 50.8 Å². The molecule has 2 saturated heterocycles. The summed E-state index contributed by atoms with van der Waals surface area (Å²) in [4.78, 5) is 13.5. The maximum atomic E-state index is 11.8. The zero-order valence-electron chi connectivity index (χ0n) is 13.0. The largest absolute Gasteiger partial charge is 0.450 e. The van der Waals surface area contributed by atoms with Gasteiger partial charge in [-0.2, -0.15) is 0 Å². The molecule has 0 radical (unpaired) electrons. The zero-order valence-corrected chi connectivity index (χ0v) is 14.0. The van der Waals surface area contributed by atoms with E-state index in [1.54, 1.807) is 4.90 Å². The molecule has 0 unspecified atom stereocenters. The van der Waals surface area contributed by atoms with Gasteiger partial charge in [0, 0.05) is 8.07 Å². The summed E-state index contributed by atoms with van der Waals surface area (Å²) in [5.74, 6) is 0. The van der Waals surface area contributed by atoms with Crippen LogP contribution in [0.3, 0.4) is 0 Å². The van der Waals surface area contributed by atoms with Gasteiger partial charge in [-0.05, 0) is 32.0 Å². The van der Waals surface area contributed by atoms with Crippen molar-refractivity contribution in [1.82, 2.24) is 10.2 Å². The summed E-state index contributed by atoms with van der Waals surface area (Å²) in [7, 11) is -1.12. The van der Waals surface area contributed by atoms with E-state index in [0.717, 1.165) is 32.0 Å². The molecule has 116 valence electrons. The molecule has 6 heteroatoms. The van der Waals surface area contributed by atoms with Crippen LogP contribution in [0.15, 0.2) is 0 Å². The summed E-state index contributed by atoms with van der Waals surface area (Å²) in [5, 5.41) is 3.33. The number of carbonyl (C=O) groups excluding carboxylic acids is 1. The third-order valence-electron chi connectivity index (χ3n) is 3.85. The second kappa shape index (κ2) is 6.91. The molecule has 2 heterocycles. The molecule has 20 heavy (non-hydrogen) atoms. The lowest BCUT2D eigenvalue weighted by atomic mass is 10.1. The first-order valence-corrected chi connectivity index (χ1v) is 11.4. The van der Waals surface area contributed by atoms with Crippen molar-refractivity contribution in [2.75, 3.05) is 32.8 Å². The summed E-state index contributed by atoms with van der Waals surface area (Å²) in [6, 6.07) is 1.03. The van der Waals surface area contributed by atoms with Crippen molar-refractivity contribution in [1.29, 1.82) is 0 Å². The number of likely N-dealkylation sites (tertiary alicyclic amines) is 1. The molecular formula is C14H28N2O3Si. The first kappa shape index (κ1) is 15.8. The number of carbonyl (C=O) groups is 1. The van der Waals surface area contributed by atoms with Crippen LogP contribution >= 0.6 is 0 Å². The molecule has 0 aromatic carbocycles. The van der Waals surface area contributed by atoms with Crippen LogP contribution in [-0.2, 0) is 9.47 Å². The van der Waals surface area contributed by atoms with Crippen molar-refractivity contribution < 1.29 is 14.3 Å². The van der Waals surface area contributed by atoms with Crippen molar-refractivity contribution >= 4 is 14.2 Å². The van der Waals surface area contributed by atoms with E-state index in [2.05, 4.69) is 25.0 Å². The highest BCUT2D eigenvalue weighted by molar-refractivity contribution is 6.76. The van der Waals surface area contributed by atoms with Crippen LogP contribution < -0.4 is 5.32 Å². The van der Waals surface area contributed by atoms with Gasteiger partial charge in [0.1, 0.15) is 0 Å². The van der Waals surface area contributed by atoms with E-state index in [0.29, 0.717) is 25.8 Å². The fraction of sp³-hybridized carbons (Fsp3) is 0.929. The Labute approximate surface area is 123 Å². The number of nitrogens with zero attached hydrogens (tertiary/aromatic N) is 1. The van der Waals surface area contributed by atoms with Gasteiger partial charge < -0.3 is 19.7 Å². The quantitative estimate of drug-likeness (QED) is 0.788. The monoisotopic (exact) mass is 300 g/mol. The Kier molecular flexibility index (Phi) is 5.46. The molecule has 0 spiro atoms. The maximum absolute atomic E-state index is 11.8. The van der Waals surface area contributed by atoms with Gasteiger partial charge in [0.05, 0.1) is 31.9 Å². The van der Waals surface area contributed by atoms with Crippen molar-refractivity contribution in [3.05, 3.63) is 0 Å². The fourth-order valence-electron chi connectivity index (χ4n) is 2.41. The molecule has 2 aliphatic rings. The van der Waals surface area contributed by atoms with Gasteiger partial charge in [-0.25, -0.2) is 4.79 Å². The minimum atomic E-state index is -1.12. The van der Waals surface area contributed by atoms with Crippen LogP contribution in [0, 0.1) is 0 Å².